The van der Waals surface area contributed by atoms with E-state index in [9.17, 15) is 4.79 Å². The van der Waals surface area contributed by atoms with Gasteiger partial charge in [-0.1, -0.05) is 0 Å². The number of carbonyl (C=O) groups is 1. The molecule has 3 nitrogen and oxygen atoms in total. The largest absolute Gasteiger partial charge is 0.306 e. The molecule has 0 atom stereocenters. The maximum Gasteiger partial charge on any atom is 0.178 e. The van der Waals surface area contributed by atoms with Crippen LogP contribution in [0.2, 0.25) is 0 Å². The van der Waals surface area contributed by atoms with Crippen molar-refractivity contribution in [2.75, 3.05) is 40.3 Å². The standard InChI is InChI=1S/C14H20Br2N2OS/c1-17-5-3-10(4-6-17)8-18(2)9-12(19)11-7-13(15)20-14(11)16/h7,10H,3-6,8-9H2,1-2H3. The molecule has 0 bridgehead atoms. The monoisotopic (exact) mass is 422 g/mol. The molecule has 0 unspecified atom stereocenters. The average Bonchev–Trinajstić information content (AvgIpc) is 2.71. The van der Waals surface area contributed by atoms with Crippen molar-refractivity contribution in [3.05, 3.63) is 19.2 Å². The van der Waals surface area contributed by atoms with Crippen molar-refractivity contribution in [3.8, 4) is 0 Å². The smallest absolute Gasteiger partial charge is 0.178 e. The summed E-state index contributed by atoms with van der Waals surface area (Å²) in [7, 11) is 4.22. The van der Waals surface area contributed by atoms with Crippen molar-refractivity contribution in [2.24, 2.45) is 5.92 Å². The molecule has 0 aliphatic carbocycles. The van der Waals surface area contributed by atoms with Crippen LogP contribution in [0, 0.1) is 5.92 Å². The number of halogens is 2. The molecule has 2 heterocycles. The molecule has 0 N–H and O–H groups in total. The Bertz CT molecular complexity index is 470. The van der Waals surface area contributed by atoms with E-state index in [0.717, 1.165) is 25.6 Å². The Kier molecular flexibility index (Phi) is 6.23. The van der Waals surface area contributed by atoms with Gasteiger partial charge in [-0.2, -0.15) is 0 Å². The zero-order valence-corrected chi connectivity index (χ0v) is 15.9. The van der Waals surface area contributed by atoms with Crippen LogP contribution in [0.15, 0.2) is 13.6 Å². The number of carbonyl (C=O) groups excluding carboxylic acids is 1. The van der Waals surface area contributed by atoms with E-state index < -0.39 is 0 Å². The number of Topliss-reactive ketones (excluding diaryl/α,β-unsaturated/α-hetero) is 1. The summed E-state index contributed by atoms with van der Waals surface area (Å²) < 4.78 is 1.91. The van der Waals surface area contributed by atoms with Gasteiger partial charge in [0, 0.05) is 12.1 Å². The van der Waals surface area contributed by atoms with Gasteiger partial charge in [0.2, 0.25) is 0 Å². The molecule has 0 radical (unpaired) electrons. The summed E-state index contributed by atoms with van der Waals surface area (Å²) in [5, 5.41) is 0. The summed E-state index contributed by atoms with van der Waals surface area (Å²) in [6, 6.07) is 1.90. The summed E-state index contributed by atoms with van der Waals surface area (Å²) in [6.07, 6.45) is 2.48. The van der Waals surface area contributed by atoms with E-state index in [-0.39, 0.29) is 5.78 Å². The number of nitrogens with zero attached hydrogens (tertiary/aromatic N) is 2. The van der Waals surface area contributed by atoms with Crippen molar-refractivity contribution < 1.29 is 4.79 Å². The first-order valence-corrected chi connectivity index (χ1v) is 9.21. The number of likely N-dealkylation sites (N-methyl/N-ethyl adjacent to an activating group) is 1. The molecule has 112 valence electrons. The van der Waals surface area contributed by atoms with Crippen molar-refractivity contribution >= 4 is 49.0 Å². The minimum atomic E-state index is 0.189. The Labute approximate surface area is 141 Å². The van der Waals surface area contributed by atoms with Crippen molar-refractivity contribution in [1.29, 1.82) is 0 Å². The van der Waals surface area contributed by atoms with E-state index in [1.807, 2.05) is 13.1 Å². The molecular formula is C14H20Br2N2OS. The van der Waals surface area contributed by atoms with Crippen molar-refractivity contribution in [1.82, 2.24) is 9.80 Å². The zero-order valence-electron chi connectivity index (χ0n) is 11.9. The lowest BCUT2D eigenvalue weighted by atomic mass is 9.96. The molecular weight excluding hydrogens is 404 g/mol. The van der Waals surface area contributed by atoms with Crippen molar-refractivity contribution in [3.63, 3.8) is 0 Å². The van der Waals surface area contributed by atoms with E-state index in [0.29, 0.717) is 6.54 Å². The minimum absolute atomic E-state index is 0.189. The van der Waals surface area contributed by atoms with Gasteiger partial charge in [0.1, 0.15) is 0 Å². The first-order valence-electron chi connectivity index (χ1n) is 6.81. The normalized spacial score (nSPS) is 17.9. The Morgan fingerprint density at radius 3 is 2.65 bits per heavy atom. The molecule has 1 aliphatic heterocycles. The molecule has 0 aromatic carbocycles. The summed E-state index contributed by atoms with van der Waals surface area (Å²) in [4.78, 5) is 16.8. The van der Waals surface area contributed by atoms with Gasteiger partial charge in [-0.15, -0.1) is 11.3 Å². The quantitative estimate of drug-likeness (QED) is 0.674. The van der Waals surface area contributed by atoms with Gasteiger partial charge in [0.25, 0.3) is 0 Å². The third kappa shape index (κ3) is 4.63. The first-order chi connectivity index (χ1) is 9.45. The average molecular weight is 424 g/mol. The topological polar surface area (TPSA) is 23.6 Å². The Morgan fingerprint density at radius 2 is 2.10 bits per heavy atom. The fourth-order valence-electron chi connectivity index (χ4n) is 2.61. The van der Waals surface area contributed by atoms with Crippen LogP contribution in [0.5, 0.6) is 0 Å². The molecule has 1 aromatic heterocycles. The van der Waals surface area contributed by atoms with Crippen LogP contribution >= 0.6 is 43.2 Å². The van der Waals surface area contributed by atoms with Crippen LogP contribution in [-0.2, 0) is 0 Å². The van der Waals surface area contributed by atoms with E-state index in [1.165, 1.54) is 25.9 Å². The second-order valence-electron chi connectivity index (χ2n) is 5.60. The maximum absolute atomic E-state index is 12.3. The van der Waals surface area contributed by atoms with Crippen LogP contribution in [0.4, 0.5) is 0 Å². The van der Waals surface area contributed by atoms with Crippen LogP contribution in [0.1, 0.15) is 23.2 Å². The van der Waals surface area contributed by atoms with Gasteiger partial charge < -0.3 is 4.90 Å². The van der Waals surface area contributed by atoms with E-state index in [2.05, 4.69) is 48.7 Å². The minimum Gasteiger partial charge on any atom is -0.306 e. The molecule has 6 heteroatoms. The van der Waals surface area contributed by atoms with E-state index >= 15 is 0 Å². The lowest BCUT2D eigenvalue weighted by Crippen LogP contribution is -2.37. The van der Waals surface area contributed by atoms with Gasteiger partial charge in [-0.25, -0.2) is 0 Å². The molecule has 1 saturated heterocycles. The third-order valence-corrected chi connectivity index (χ3v) is 6.12. The molecule has 2 rings (SSSR count). The Balaban J connectivity index is 1.83. The zero-order chi connectivity index (χ0) is 14.7. The van der Waals surface area contributed by atoms with Crippen LogP contribution in [-0.4, -0.2) is 55.9 Å². The second-order valence-corrected chi connectivity index (χ2v) is 9.35. The highest BCUT2D eigenvalue weighted by Crippen LogP contribution is 2.32. The SMILES string of the molecule is CN1CCC(CN(C)CC(=O)c2cc(Br)sc2Br)CC1. The predicted molar refractivity (Wildman–Crippen MR) is 91.8 cm³/mol. The van der Waals surface area contributed by atoms with Crippen LogP contribution < -0.4 is 0 Å². The molecule has 0 saturated carbocycles. The number of hydrogen-bond donors (Lipinski definition) is 0. The fourth-order valence-corrected chi connectivity index (χ4v) is 5.47. The molecule has 20 heavy (non-hydrogen) atoms. The number of hydrogen-bond acceptors (Lipinski definition) is 4. The number of rotatable bonds is 5. The number of thiophene rings is 1. The van der Waals surface area contributed by atoms with Crippen LogP contribution in [0.25, 0.3) is 0 Å². The summed E-state index contributed by atoms with van der Waals surface area (Å²) in [5.74, 6) is 0.913. The Hall–Kier alpha value is 0.250. The molecule has 0 amide bonds. The second kappa shape index (κ2) is 7.49. The highest BCUT2D eigenvalue weighted by atomic mass is 79.9. The van der Waals surface area contributed by atoms with Gasteiger partial charge in [0.15, 0.2) is 5.78 Å². The number of piperidine rings is 1. The Morgan fingerprint density at radius 1 is 1.45 bits per heavy atom. The van der Waals surface area contributed by atoms with E-state index in [1.54, 1.807) is 11.3 Å². The third-order valence-electron chi connectivity index (χ3n) is 3.78. The summed E-state index contributed by atoms with van der Waals surface area (Å²) in [5.41, 5.74) is 0.789. The predicted octanol–water partition coefficient (Wildman–Crippen LogP) is 3.73. The molecule has 1 aliphatic rings. The maximum atomic E-state index is 12.3. The molecule has 1 fully saturated rings. The van der Waals surface area contributed by atoms with Crippen LogP contribution in [0.3, 0.4) is 0 Å². The van der Waals surface area contributed by atoms with Gasteiger partial charge in [-0.05, 0) is 83.9 Å². The van der Waals surface area contributed by atoms with Gasteiger partial charge in [0.05, 0.1) is 14.1 Å². The lowest BCUT2D eigenvalue weighted by Gasteiger charge is -2.31. The van der Waals surface area contributed by atoms with Gasteiger partial charge in [-0.3, -0.25) is 9.69 Å². The summed E-state index contributed by atoms with van der Waals surface area (Å²) in [6.45, 7) is 3.86. The van der Waals surface area contributed by atoms with E-state index in [4.69, 9.17) is 0 Å². The van der Waals surface area contributed by atoms with Crippen molar-refractivity contribution in [2.45, 2.75) is 12.8 Å². The van der Waals surface area contributed by atoms with Gasteiger partial charge >= 0.3 is 0 Å². The number of likely N-dealkylation sites (tertiary alicyclic amines) is 1. The highest BCUT2D eigenvalue weighted by Gasteiger charge is 2.20. The number of ketones is 1. The fraction of sp³-hybridized carbons (Fsp3) is 0.643. The highest BCUT2D eigenvalue weighted by molar-refractivity contribution is 9.12. The lowest BCUT2D eigenvalue weighted by molar-refractivity contribution is 0.0924. The molecule has 1 aromatic rings. The molecule has 0 spiro atoms. The first kappa shape index (κ1) is 16.6. The summed E-state index contributed by atoms with van der Waals surface area (Å²) >= 11 is 8.43.